The molecule has 0 aromatic heterocycles. The van der Waals surface area contributed by atoms with Crippen LogP contribution in [0.3, 0.4) is 0 Å². The van der Waals surface area contributed by atoms with Crippen molar-refractivity contribution in [3.63, 3.8) is 0 Å². The summed E-state index contributed by atoms with van der Waals surface area (Å²) in [6, 6.07) is 5.41. The van der Waals surface area contributed by atoms with Crippen molar-refractivity contribution >= 4 is 76.4 Å². The molecule has 34 heteroatoms. The minimum Gasteiger partial charge on any atom is -0.507 e. The summed E-state index contributed by atoms with van der Waals surface area (Å²) < 4.78 is 44.3. The minimum atomic E-state index is -2.29. The lowest BCUT2D eigenvalue weighted by Crippen LogP contribution is -2.64. The first-order valence-electron chi connectivity index (χ1n) is 37.5. The molecule has 5 aromatic rings. The number of carboxylic acids is 1. The van der Waals surface area contributed by atoms with E-state index in [1.807, 2.05) is 13.8 Å². The Balaban J connectivity index is 1.20. The molecule has 0 saturated carbocycles. The summed E-state index contributed by atoms with van der Waals surface area (Å²) in [7, 11) is 0. The predicted molar refractivity (Wildman–Crippen MR) is 403 cm³/mol. The summed E-state index contributed by atoms with van der Waals surface area (Å²) in [5.41, 5.74) is 8.50. The number of carboxylic acid groups (broad SMARTS) is 1. The molecule has 18 N–H and O–H groups in total. The first kappa shape index (κ1) is 86.1. The number of aliphatic hydroxyl groups excluding tert-OH is 6. The lowest BCUT2D eigenvalue weighted by molar-refractivity contribution is -0.333. The second-order valence-corrected chi connectivity index (χ2v) is 31.0. The van der Waals surface area contributed by atoms with Crippen molar-refractivity contribution in [3.05, 3.63) is 117 Å². The number of ether oxygens (including phenoxy) is 7. The molecular weight excluding hydrogens is 1520 g/mol. The van der Waals surface area contributed by atoms with Crippen molar-refractivity contribution in [1.29, 1.82) is 0 Å². The number of ketones is 2. The molecule has 0 spiro atoms. The summed E-state index contributed by atoms with van der Waals surface area (Å²) in [6.07, 6.45) is -15.7. The molecule has 7 aliphatic rings. The highest BCUT2D eigenvalue weighted by Gasteiger charge is 2.52. The third-order valence-electron chi connectivity index (χ3n) is 20.9. The fraction of sp³-hybridized carbons (Fsp3) is 0.506. The number of fused-ring (bicyclic) bond motifs is 15. The second kappa shape index (κ2) is 36.9. The number of benzene rings is 5. The van der Waals surface area contributed by atoms with Gasteiger partial charge in [-0.2, -0.15) is 0 Å². The van der Waals surface area contributed by atoms with Crippen LogP contribution in [0, 0.1) is 17.8 Å². The fourth-order valence-electron chi connectivity index (χ4n) is 14.7. The van der Waals surface area contributed by atoms with Crippen LogP contribution in [0.4, 0.5) is 4.79 Å². The van der Waals surface area contributed by atoms with Crippen LogP contribution >= 0.6 is 23.2 Å². The Hall–Kier alpha value is -9.29. The van der Waals surface area contributed by atoms with Crippen LogP contribution in [0.25, 0.3) is 11.1 Å². The zero-order valence-electron chi connectivity index (χ0n) is 63.1. The number of carbonyl (C=O) groups is 9. The number of Topliss-reactive ketones (excluding diaryl/α,β-unsaturated/α-hetero) is 2. The van der Waals surface area contributed by atoms with Crippen LogP contribution in [0.1, 0.15) is 184 Å². The second-order valence-electron chi connectivity index (χ2n) is 30.2. The van der Waals surface area contributed by atoms with E-state index in [0.717, 1.165) is 86.7 Å². The number of hydrogen-bond acceptors (Lipinski definition) is 25. The van der Waals surface area contributed by atoms with Gasteiger partial charge in [0.15, 0.2) is 41.5 Å². The van der Waals surface area contributed by atoms with Gasteiger partial charge in [-0.1, -0.05) is 101 Å². The summed E-state index contributed by atoms with van der Waals surface area (Å²) in [4.78, 5) is 133. The van der Waals surface area contributed by atoms with Crippen molar-refractivity contribution in [1.82, 2.24) is 26.6 Å². The lowest BCUT2D eigenvalue weighted by Gasteiger charge is -2.47. The predicted octanol–water partition coefficient (Wildman–Crippen LogP) is 6.65. The number of unbranched alkanes of at least 4 members (excludes halogenated alkanes) is 4. The van der Waals surface area contributed by atoms with Crippen molar-refractivity contribution in [3.8, 4) is 57.1 Å². The number of primary amides is 1. The number of phenols is 2. The molecule has 11 bridgehead atoms. The van der Waals surface area contributed by atoms with E-state index in [4.69, 9.17) is 67.8 Å². The van der Waals surface area contributed by atoms with E-state index in [1.165, 1.54) is 38.1 Å². The van der Waals surface area contributed by atoms with E-state index in [2.05, 4.69) is 33.5 Å². The van der Waals surface area contributed by atoms with Crippen molar-refractivity contribution in [2.75, 3.05) is 6.61 Å². The van der Waals surface area contributed by atoms with Gasteiger partial charge in [0, 0.05) is 65.9 Å². The van der Waals surface area contributed by atoms with Gasteiger partial charge < -0.3 is 117 Å². The normalized spacial score (nSPS) is 27.9. The molecule has 7 aliphatic heterocycles. The Kier molecular flexibility index (Phi) is 28.1. The van der Waals surface area contributed by atoms with E-state index in [9.17, 15) is 65.1 Å². The molecule has 12 rings (SSSR count). The molecule has 6 amide bonds. The van der Waals surface area contributed by atoms with Crippen molar-refractivity contribution in [2.45, 2.75) is 229 Å². The molecule has 113 heavy (non-hydrogen) atoms. The third-order valence-corrected chi connectivity index (χ3v) is 21.5. The lowest BCUT2D eigenvalue weighted by atomic mass is 9.84. The average molecular weight is 1620 g/mol. The van der Waals surface area contributed by atoms with E-state index in [-0.39, 0.29) is 57.5 Å². The van der Waals surface area contributed by atoms with Gasteiger partial charge in [-0.15, -0.1) is 0 Å². The van der Waals surface area contributed by atoms with Crippen LogP contribution in [-0.2, 0) is 52.6 Å². The maximum absolute atomic E-state index is 16.4. The van der Waals surface area contributed by atoms with Gasteiger partial charge in [0.1, 0.15) is 77.4 Å². The Morgan fingerprint density at radius 3 is 1.97 bits per heavy atom. The first-order valence-corrected chi connectivity index (χ1v) is 38.3. The van der Waals surface area contributed by atoms with Gasteiger partial charge in [-0.25, -0.2) is 9.59 Å². The molecule has 32 nitrogen and oxygen atoms in total. The Labute approximate surface area is 660 Å². The molecule has 7 heterocycles. The van der Waals surface area contributed by atoms with E-state index in [0.29, 0.717) is 12.8 Å². The highest BCUT2D eigenvalue weighted by molar-refractivity contribution is 6.32. The first-order chi connectivity index (χ1) is 53.5. The monoisotopic (exact) mass is 1610 g/mol. The maximum atomic E-state index is 16.4. The molecule has 2 saturated heterocycles. The average Bonchev–Trinajstić information content (AvgIpc) is 0.763. The summed E-state index contributed by atoms with van der Waals surface area (Å²) >= 11 is 14.3. The van der Waals surface area contributed by atoms with Gasteiger partial charge in [0.2, 0.25) is 41.6 Å². The highest BCUT2D eigenvalue weighted by atomic mass is 35.5. The number of aliphatic hydroxyl groups is 6. The van der Waals surface area contributed by atoms with Crippen molar-refractivity contribution in [2.24, 2.45) is 29.2 Å². The van der Waals surface area contributed by atoms with Crippen LogP contribution in [0.15, 0.2) is 78.9 Å². The SMILES string of the molecule is CCCCCCCC(C)NC(=O)Oc1cc(O)c2c(c1)[C@@H](C(=O)O)NC(=O)[C@H]1NC(=O)[C@H](CC(=O)[C@@H]3NC(=O)[C@H](CC(N)=O)CC(=O)[C@H](NC(=O)[C@H](CC)CC(C)C)[C@H](O)c4ccc(c(Cl)c4)Oc4cc3cc(c4O[C@@H]3O[C@H](CO)[C@@H](O)[C@H](O)[C@H]3O[C@H]3C[C@](C)(N)[C@H](O)[C@H](C)O3)Oc3ccc(cc3Cl)[C@H]1O)c1ccc(O)c-2c1. The largest absolute Gasteiger partial charge is 0.507 e. The Bertz CT molecular complexity index is 4390. The number of rotatable bonds is 21. The van der Waals surface area contributed by atoms with Crippen LogP contribution < -0.4 is 57.0 Å². The van der Waals surface area contributed by atoms with E-state index < -0.39 is 250 Å². The molecule has 1 unspecified atom stereocenters. The number of aliphatic carboxylic acids is 1. The number of carbonyl (C=O) groups excluding carboxylic acids is 8. The molecule has 2 fully saturated rings. The molecule has 0 aliphatic carbocycles. The van der Waals surface area contributed by atoms with E-state index >= 15 is 24.0 Å². The fourth-order valence-corrected chi connectivity index (χ4v) is 15.2. The Morgan fingerprint density at radius 1 is 0.726 bits per heavy atom. The third kappa shape index (κ3) is 20.1. The molecular formula is C79H97Cl2N7O25. The quantitative estimate of drug-likeness (QED) is 0.0342. The number of nitrogens with two attached hydrogens (primary N) is 2. The van der Waals surface area contributed by atoms with Gasteiger partial charge in [0.05, 0.1) is 40.7 Å². The van der Waals surface area contributed by atoms with Gasteiger partial charge in [-0.05, 0) is 123 Å². The smallest absolute Gasteiger partial charge is 0.412 e. The number of halogens is 2. The van der Waals surface area contributed by atoms with Crippen LogP contribution in [0.2, 0.25) is 10.0 Å². The number of aromatic hydroxyl groups is 2. The number of phenolic OH excluding ortho intramolecular Hbond substituents is 2. The number of nitrogens with one attached hydrogen (secondary N) is 5. The Morgan fingerprint density at radius 2 is 1.37 bits per heavy atom. The summed E-state index contributed by atoms with van der Waals surface area (Å²) in [5, 5.41) is 117. The number of amides is 6. The maximum Gasteiger partial charge on any atom is 0.412 e. The van der Waals surface area contributed by atoms with Gasteiger partial charge in [0.25, 0.3) is 0 Å². The molecule has 0 radical (unpaired) electrons. The zero-order chi connectivity index (χ0) is 82.4. The topological polar surface area (TPSA) is 513 Å². The van der Waals surface area contributed by atoms with Crippen LogP contribution in [0.5, 0.6) is 46.0 Å². The van der Waals surface area contributed by atoms with Crippen LogP contribution in [-0.4, -0.2) is 179 Å². The highest BCUT2D eigenvalue weighted by Crippen LogP contribution is 2.51. The molecule has 612 valence electrons. The minimum absolute atomic E-state index is 0.0238. The molecule has 5 aromatic carbocycles. The van der Waals surface area contributed by atoms with Crippen molar-refractivity contribution < 1.29 is 122 Å². The summed E-state index contributed by atoms with van der Waals surface area (Å²) in [6.45, 7) is 11.4. The van der Waals surface area contributed by atoms with Gasteiger partial charge >= 0.3 is 12.1 Å². The zero-order valence-corrected chi connectivity index (χ0v) is 64.6. The number of hydrogen-bond donors (Lipinski definition) is 16. The summed E-state index contributed by atoms with van der Waals surface area (Å²) in [5.74, 6) is -18.9. The van der Waals surface area contributed by atoms with Gasteiger partial charge in [-0.3, -0.25) is 33.6 Å². The van der Waals surface area contributed by atoms with E-state index in [1.54, 1.807) is 13.8 Å². The molecule has 19 atom stereocenters. The standard InChI is InChI=1S/C79H97Cl2N7O25/c1-8-10-11-12-13-14-35(5)84-78(106)108-43-29-46-60(50(91)30-43)45-22-38(15-18-49(45)90)44-31-52(93)61-41-26-55(109-53-19-16-39(23-47(53)80)65(95)63(87-72(100)37(9-2)21-34(3)4)51(92)25-42(28-58(82)94)73(101)85-61)69(113-77-70(68(98)67(97)57(33-89)111-77)112-59-32-79(7,83)71(99)36(6)107-59)56(27-41)110-54-20-17-40(24-48(54)81)66(96)64(88-74(44)102)75(103)86-62(46)76(104)105/h15-20,22-24,26-27,29-30,34-37,42,44,57,59,61-68,70-71,77,89-91,95-99H,8-14,21,25,28,31-33,83H2,1-7H3,(H2,82,94)(H,84,106)(H,85,101)(H,86,103)(H,87,100)(H,88,102)(H,104,105)/t35?,36-,37+,42-,44+,57+,59-,61+,62-,63-,64-,65+,66+,67+,68-,70+,71+,77-,79-/m0/s1.